The van der Waals surface area contributed by atoms with Gasteiger partial charge in [-0.25, -0.2) is 13.1 Å². The smallest absolute Gasteiger partial charge is 0.242 e. The molecule has 1 aromatic carbocycles. The minimum Gasteiger partial charge on any atom is -0.497 e. The average Bonchev–Trinajstić information content (AvgIpc) is 2.41. The number of sulfonamides is 1. The van der Waals surface area contributed by atoms with Crippen LogP contribution in [0.15, 0.2) is 23.1 Å². The Bertz CT molecular complexity index is 581. The highest BCUT2D eigenvalue weighted by atomic mass is 35.5. The van der Waals surface area contributed by atoms with Gasteiger partial charge in [0.15, 0.2) is 0 Å². The number of ether oxygens (including phenoxy) is 1. The number of nitrogens with one attached hydrogen (secondary N) is 2. The van der Waals surface area contributed by atoms with E-state index < -0.39 is 10.0 Å². The van der Waals surface area contributed by atoms with Gasteiger partial charge < -0.3 is 10.1 Å². The third-order valence-electron chi connectivity index (χ3n) is 3.56. The van der Waals surface area contributed by atoms with Gasteiger partial charge in [-0.05, 0) is 31.0 Å². The number of hydrogen-bond acceptors (Lipinski definition) is 4. The standard InChI is InChI=1S/C13H19ClN2O3S.ClH/c1-9-5-6-15-8-12(9)16-20(17,18)13-7-10(19-2)3-4-11(13)14;/h3-4,7,9,12,15-16H,5-6,8H2,1-2H3;1H. The highest BCUT2D eigenvalue weighted by Crippen LogP contribution is 2.27. The molecule has 0 saturated carbocycles. The predicted molar refractivity (Wildman–Crippen MR) is 86.0 cm³/mol. The third-order valence-corrected chi connectivity index (χ3v) is 5.53. The fourth-order valence-electron chi connectivity index (χ4n) is 2.23. The van der Waals surface area contributed by atoms with Crippen LogP contribution in [0, 0.1) is 5.92 Å². The van der Waals surface area contributed by atoms with Crippen LogP contribution in [-0.2, 0) is 10.0 Å². The molecule has 0 radical (unpaired) electrons. The second-order valence-electron chi connectivity index (χ2n) is 4.99. The zero-order chi connectivity index (χ0) is 14.8. The molecule has 1 aliphatic rings. The van der Waals surface area contributed by atoms with E-state index in [0.29, 0.717) is 12.3 Å². The van der Waals surface area contributed by atoms with E-state index in [1.807, 2.05) is 6.92 Å². The second-order valence-corrected chi connectivity index (χ2v) is 7.08. The van der Waals surface area contributed by atoms with Gasteiger partial charge in [0.2, 0.25) is 10.0 Å². The lowest BCUT2D eigenvalue weighted by Gasteiger charge is -2.30. The Kier molecular flexibility index (Phi) is 6.74. The molecule has 0 amide bonds. The second kappa shape index (κ2) is 7.65. The van der Waals surface area contributed by atoms with Gasteiger partial charge in [0.25, 0.3) is 0 Å². The van der Waals surface area contributed by atoms with E-state index in [0.717, 1.165) is 13.0 Å². The van der Waals surface area contributed by atoms with Crippen molar-refractivity contribution in [3.05, 3.63) is 23.2 Å². The summed E-state index contributed by atoms with van der Waals surface area (Å²) in [6.45, 7) is 3.59. The van der Waals surface area contributed by atoms with E-state index in [2.05, 4.69) is 10.0 Å². The largest absolute Gasteiger partial charge is 0.497 e. The van der Waals surface area contributed by atoms with Crippen molar-refractivity contribution in [3.8, 4) is 5.75 Å². The van der Waals surface area contributed by atoms with E-state index >= 15 is 0 Å². The normalized spacial score (nSPS) is 22.4. The SMILES string of the molecule is COc1ccc(Cl)c(S(=O)(=O)NC2CNCCC2C)c1.Cl. The number of methoxy groups -OCH3 is 1. The summed E-state index contributed by atoms with van der Waals surface area (Å²) < 4.78 is 32.7. The molecule has 1 saturated heterocycles. The highest BCUT2D eigenvalue weighted by molar-refractivity contribution is 7.89. The number of halogens is 2. The summed E-state index contributed by atoms with van der Waals surface area (Å²) in [4.78, 5) is 0.0521. The van der Waals surface area contributed by atoms with Crippen molar-refractivity contribution in [1.29, 1.82) is 0 Å². The van der Waals surface area contributed by atoms with Gasteiger partial charge in [-0.15, -0.1) is 12.4 Å². The van der Waals surface area contributed by atoms with Crippen LogP contribution in [0.3, 0.4) is 0 Å². The third kappa shape index (κ3) is 4.47. The lowest BCUT2D eigenvalue weighted by atomic mass is 9.96. The first-order valence-corrected chi connectivity index (χ1v) is 8.37. The van der Waals surface area contributed by atoms with Crippen LogP contribution in [0.25, 0.3) is 0 Å². The molecule has 2 atom stereocenters. The van der Waals surface area contributed by atoms with Crippen molar-refractivity contribution in [3.63, 3.8) is 0 Å². The lowest BCUT2D eigenvalue weighted by molar-refractivity contribution is 0.327. The molecular formula is C13H20Cl2N2O3S. The zero-order valence-electron chi connectivity index (χ0n) is 11.9. The molecule has 8 heteroatoms. The molecule has 5 nitrogen and oxygen atoms in total. The lowest BCUT2D eigenvalue weighted by Crippen LogP contribution is -2.50. The predicted octanol–water partition coefficient (Wildman–Crippen LogP) is 2.05. The van der Waals surface area contributed by atoms with Crippen LogP contribution in [0.1, 0.15) is 13.3 Å². The summed E-state index contributed by atoms with van der Waals surface area (Å²) in [6, 6.07) is 4.46. The Labute approximate surface area is 136 Å². The number of benzene rings is 1. The number of piperidine rings is 1. The van der Waals surface area contributed by atoms with Crippen LogP contribution in [0.4, 0.5) is 0 Å². The van der Waals surface area contributed by atoms with Crippen LogP contribution in [0.5, 0.6) is 5.75 Å². The first-order chi connectivity index (χ1) is 9.44. The van der Waals surface area contributed by atoms with E-state index in [1.54, 1.807) is 6.07 Å². The molecule has 0 aliphatic carbocycles. The maximum Gasteiger partial charge on any atom is 0.242 e. The maximum atomic E-state index is 12.5. The van der Waals surface area contributed by atoms with Gasteiger partial charge >= 0.3 is 0 Å². The minimum atomic E-state index is -3.66. The number of rotatable bonds is 4. The topological polar surface area (TPSA) is 67.4 Å². The minimum absolute atomic E-state index is 0. The van der Waals surface area contributed by atoms with Crippen molar-refractivity contribution in [1.82, 2.24) is 10.0 Å². The first kappa shape index (κ1) is 18.5. The molecular weight excluding hydrogens is 335 g/mol. The van der Waals surface area contributed by atoms with Gasteiger partial charge in [0.05, 0.1) is 12.1 Å². The van der Waals surface area contributed by atoms with Crippen molar-refractivity contribution in [2.75, 3.05) is 20.2 Å². The van der Waals surface area contributed by atoms with Gasteiger partial charge in [-0.3, -0.25) is 0 Å². The van der Waals surface area contributed by atoms with Gasteiger partial charge in [0.1, 0.15) is 10.6 Å². The summed E-state index contributed by atoms with van der Waals surface area (Å²) in [5.74, 6) is 0.750. The first-order valence-electron chi connectivity index (χ1n) is 6.50. The summed E-state index contributed by atoms with van der Waals surface area (Å²) >= 11 is 6.00. The fraction of sp³-hybridized carbons (Fsp3) is 0.538. The van der Waals surface area contributed by atoms with E-state index in [4.69, 9.17) is 16.3 Å². The monoisotopic (exact) mass is 354 g/mol. The Morgan fingerprint density at radius 2 is 2.14 bits per heavy atom. The molecule has 1 aromatic rings. The van der Waals surface area contributed by atoms with Gasteiger partial charge in [0, 0.05) is 18.7 Å². The number of hydrogen-bond donors (Lipinski definition) is 2. The quantitative estimate of drug-likeness (QED) is 0.868. The Morgan fingerprint density at radius 3 is 2.76 bits per heavy atom. The summed E-state index contributed by atoms with van der Waals surface area (Å²) in [5.41, 5.74) is 0. The molecule has 1 aliphatic heterocycles. The highest BCUT2D eigenvalue weighted by Gasteiger charge is 2.28. The average molecular weight is 355 g/mol. The molecule has 0 bridgehead atoms. The Morgan fingerprint density at radius 1 is 1.43 bits per heavy atom. The molecule has 1 fully saturated rings. The van der Waals surface area contributed by atoms with E-state index in [9.17, 15) is 8.42 Å². The van der Waals surface area contributed by atoms with Crippen molar-refractivity contribution >= 4 is 34.0 Å². The molecule has 1 heterocycles. The molecule has 0 spiro atoms. The molecule has 2 N–H and O–H groups in total. The molecule has 2 unspecified atom stereocenters. The molecule has 21 heavy (non-hydrogen) atoms. The Hall–Kier alpha value is -0.530. The van der Waals surface area contributed by atoms with Gasteiger partial charge in [-0.1, -0.05) is 18.5 Å². The van der Waals surface area contributed by atoms with Crippen LogP contribution < -0.4 is 14.8 Å². The fourth-order valence-corrected chi connectivity index (χ4v) is 4.09. The summed E-state index contributed by atoms with van der Waals surface area (Å²) in [5, 5.41) is 3.38. The van der Waals surface area contributed by atoms with Crippen LogP contribution in [-0.4, -0.2) is 34.7 Å². The Balaban J connectivity index is 0.00000220. The molecule has 2 rings (SSSR count). The maximum absolute atomic E-state index is 12.5. The van der Waals surface area contributed by atoms with Crippen molar-refractivity contribution in [2.45, 2.75) is 24.3 Å². The summed E-state index contributed by atoms with van der Waals surface area (Å²) in [6.07, 6.45) is 0.943. The van der Waals surface area contributed by atoms with Crippen molar-refractivity contribution in [2.24, 2.45) is 5.92 Å². The van der Waals surface area contributed by atoms with E-state index in [1.165, 1.54) is 19.2 Å². The summed E-state index contributed by atoms with van der Waals surface area (Å²) in [7, 11) is -2.17. The molecule has 0 aromatic heterocycles. The van der Waals surface area contributed by atoms with Gasteiger partial charge in [-0.2, -0.15) is 0 Å². The van der Waals surface area contributed by atoms with Crippen LogP contribution >= 0.6 is 24.0 Å². The zero-order valence-corrected chi connectivity index (χ0v) is 14.3. The van der Waals surface area contributed by atoms with Crippen molar-refractivity contribution < 1.29 is 13.2 Å². The molecule has 120 valence electrons. The van der Waals surface area contributed by atoms with Crippen LogP contribution in [0.2, 0.25) is 5.02 Å². The van der Waals surface area contributed by atoms with E-state index in [-0.39, 0.29) is 34.3 Å².